The van der Waals surface area contributed by atoms with Gasteiger partial charge in [-0.25, -0.2) is 0 Å². The highest BCUT2D eigenvalue weighted by atomic mass is 16.2. The van der Waals surface area contributed by atoms with Gasteiger partial charge in [-0.05, 0) is 38.5 Å². The molecular weight excluding hydrogens is 240 g/mol. The van der Waals surface area contributed by atoms with Gasteiger partial charge in [0.25, 0.3) is 0 Å². The van der Waals surface area contributed by atoms with Crippen molar-refractivity contribution in [1.82, 2.24) is 4.90 Å². The van der Waals surface area contributed by atoms with Crippen LogP contribution in [0.25, 0.3) is 0 Å². The zero-order chi connectivity index (χ0) is 13.7. The molecule has 1 saturated carbocycles. The smallest absolute Gasteiger partial charge is 0.250 e. The Morgan fingerprint density at radius 1 is 1.16 bits per heavy atom. The van der Waals surface area contributed by atoms with Gasteiger partial charge in [0, 0.05) is 11.6 Å². The molecule has 0 radical (unpaired) electrons. The maximum Gasteiger partial charge on any atom is 0.250 e. The van der Waals surface area contributed by atoms with E-state index in [0.717, 1.165) is 56.9 Å². The van der Waals surface area contributed by atoms with E-state index in [2.05, 4.69) is 6.08 Å². The summed E-state index contributed by atoms with van der Waals surface area (Å²) in [6, 6.07) is 0.212. The summed E-state index contributed by atoms with van der Waals surface area (Å²) in [5, 5.41) is 0. The van der Waals surface area contributed by atoms with Crippen molar-refractivity contribution in [2.75, 3.05) is 6.54 Å². The van der Waals surface area contributed by atoms with E-state index in [1.807, 2.05) is 0 Å². The minimum absolute atomic E-state index is 0.0487. The van der Waals surface area contributed by atoms with Crippen molar-refractivity contribution in [2.24, 2.45) is 5.73 Å². The van der Waals surface area contributed by atoms with Crippen LogP contribution in [0.3, 0.4) is 0 Å². The van der Waals surface area contributed by atoms with Crippen molar-refractivity contribution in [3.63, 3.8) is 0 Å². The molecule has 0 aromatic rings. The normalized spacial score (nSPS) is 20.7. The molecule has 4 nitrogen and oxygen atoms in total. The Balaban J connectivity index is 2.09. The molecule has 4 heteroatoms. The fourth-order valence-electron chi connectivity index (χ4n) is 3.14. The number of hydrogen-bond acceptors (Lipinski definition) is 2. The molecule has 0 bridgehead atoms. The lowest BCUT2D eigenvalue weighted by atomic mass is 10.1. The van der Waals surface area contributed by atoms with Crippen LogP contribution in [0.1, 0.15) is 57.8 Å². The third kappa shape index (κ3) is 3.82. The van der Waals surface area contributed by atoms with E-state index in [0.29, 0.717) is 0 Å². The molecule has 19 heavy (non-hydrogen) atoms. The van der Waals surface area contributed by atoms with E-state index >= 15 is 0 Å². The fourth-order valence-corrected chi connectivity index (χ4v) is 3.14. The molecule has 0 unspecified atom stereocenters. The van der Waals surface area contributed by atoms with Gasteiger partial charge in [0.2, 0.25) is 11.8 Å². The lowest BCUT2D eigenvalue weighted by Gasteiger charge is -2.28. The van der Waals surface area contributed by atoms with Crippen LogP contribution in [0.2, 0.25) is 0 Å². The Morgan fingerprint density at radius 3 is 2.58 bits per heavy atom. The standard InChI is InChI=1S/C15H24N2O2/c16-14(18)11-17(13-9-5-6-10-13)15(19)12-7-3-1-2-4-8-12/h7,13H,1-6,8-11H2,(H2,16,18). The van der Waals surface area contributed by atoms with Gasteiger partial charge >= 0.3 is 0 Å². The summed E-state index contributed by atoms with van der Waals surface area (Å²) in [7, 11) is 0. The van der Waals surface area contributed by atoms with Gasteiger partial charge in [0.05, 0.1) is 6.54 Å². The summed E-state index contributed by atoms with van der Waals surface area (Å²) in [5.41, 5.74) is 6.20. The van der Waals surface area contributed by atoms with E-state index in [-0.39, 0.29) is 18.5 Å². The van der Waals surface area contributed by atoms with Gasteiger partial charge in [-0.1, -0.05) is 25.3 Å². The van der Waals surface area contributed by atoms with Crippen molar-refractivity contribution in [2.45, 2.75) is 63.8 Å². The lowest BCUT2D eigenvalue weighted by Crippen LogP contribution is -2.44. The van der Waals surface area contributed by atoms with Crippen molar-refractivity contribution in [3.05, 3.63) is 11.6 Å². The Hall–Kier alpha value is -1.32. The molecule has 0 atom stereocenters. The predicted molar refractivity (Wildman–Crippen MR) is 74.3 cm³/mol. The zero-order valence-electron chi connectivity index (χ0n) is 11.6. The molecule has 1 fully saturated rings. The van der Waals surface area contributed by atoms with Crippen molar-refractivity contribution in [1.29, 1.82) is 0 Å². The summed E-state index contributed by atoms with van der Waals surface area (Å²) in [5.74, 6) is -0.359. The minimum atomic E-state index is -0.408. The van der Waals surface area contributed by atoms with Crippen LogP contribution in [-0.4, -0.2) is 29.3 Å². The number of rotatable bonds is 4. The highest BCUT2D eigenvalue weighted by molar-refractivity contribution is 5.95. The molecule has 0 aromatic heterocycles. The number of hydrogen-bond donors (Lipinski definition) is 1. The third-order valence-electron chi connectivity index (χ3n) is 4.17. The fraction of sp³-hybridized carbons (Fsp3) is 0.733. The average Bonchev–Trinajstić information content (AvgIpc) is 2.77. The zero-order valence-corrected chi connectivity index (χ0v) is 11.6. The highest BCUT2D eigenvalue weighted by Crippen LogP contribution is 2.26. The number of primary amides is 1. The monoisotopic (exact) mass is 264 g/mol. The number of nitrogens with zero attached hydrogens (tertiary/aromatic N) is 1. The van der Waals surface area contributed by atoms with E-state index < -0.39 is 5.91 Å². The largest absolute Gasteiger partial charge is 0.368 e. The Labute approximate surface area is 115 Å². The first-order chi connectivity index (χ1) is 9.18. The average molecular weight is 264 g/mol. The second-order valence-electron chi connectivity index (χ2n) is 5.67. The van der Waals surface area contributed by atoms with Crippen LogP contribution in [0, 0.1) is 0 Å². The molecule has 2 rings (SSSR count). The molecule has 0 aromatic carbocycles. The molecule has 0 spiro atoms. The maximum absolute atomic E-state index is 12.6. The molecule has 2 amide bonds. The van der Waals surface area contributed by atoms with E-state index in [9.17, 15) is 9.59 Å². The number of amides is 2. The van der Waals surface area contributed by atoms with Crippen molar-refractivity contribution >= 4 is 11.8 Å². The molecule has 2 aliphatic rings. The maximum atomic E-state index is 12.6. The van der Waals surface area contributed by atoms with Crippen LogP contribution in [0.4, 0.5) is 0 Å². The first-order valence-corrected chi connectivity index (χ1v) is 7.47. The Morgan fingerprint density at radius 2 is 1.89 bits per heavy atom. The van der Waals surface area contributed by atoms with E-state index in [1.165, 1.54) is 6.42 Å². The summed E-state index contributed by atoms with van der Waals surface area (Å²) in [4.78, 5) is 25.6. The van der Waals surface area contributed by atoms with Crippen LogP contribution in [-0.2, 0) is 9.59 Å². The van der Waals surface area contributed by atoms with Gasteiger partial charge in [0.1, 0.15) is 0 Å². The first kappa shape index (κ1) is 14.1. The van der Waals surface area contributed by atoms with Gasteiger partial charge in [0.15, 0.2) is 0 Å². The predicted octanol–water partition coefficient (Wildman–Crippen LogP) is 2.13. The summed E-state index contributed by atoms with van der Waals surface area (Å²) in [6.45, 7) is 0.0703. The second kappa shape index (κ2) is 6.73. The molecule has 0 aliphatic heterocycles. The third-order valence-corrected chi connectivity index (χ3v) is 4.17. The van der Waals surface area contributed by atoms with Gasteiger partial charge in [-0.15, -0.1) is 0 Å². The number of nitrogens with two attached hydrogens (primary N) is 1. The summed E-state index contributed by atoms with van der Waals surface area (Å²) >= 11 is 0. The van der Waals surface area contributed by atoms with Crippen molar-refractivity contribution < 1.29 is 9.59 Å². The van der Waals surface area contributed by atoms with Crippen LogP contribution in [0.5, 0.6) is 0 Å². The van der Waals surface area contributed by atoms with Crippen LogP contribution >= 0.6 is 0 Å². The highest BCUT2D eigenvalue weighted by Gasteiger charge is 2.29. The lowest BCUT2D eigenvalue weighted by molar-refractivity contribution is -0.134. The number of carbonyl (C=O) groups excluding carboxylic acids is 2. The Bertz CT molecular complexity index is 370. The second-order valence-corrected chi connectivity index (χ2v) is 5.67. The quantitative estimate of drug-likeness (QED) is 0.845. The number of carbonyl (C=O) groups is 2. The van der Waals surface area contributed by atoms with Crippen molar-refractivity contribution in [3.8, 4) is 0 Å². The van der Waals surface area contributed by atoms with Crippen LogP contribution in [0.15, 0.2) is 11.6 Å². The van der Waals surface area contributed by atoms with E-state index in [4.69, 9.17) is 5.73 Å². The molecule has 0 saturated heterocycles. The van der Waals surface area contributed by atoms with E-state index in [1.54, 1.807) is 4.90 Å². The molecule has 106 valence electrons. The Kier molecular flexibility index (Phi) is 5.00. The first-order valence-electron chi connectivity index (χ1n) is 7.47. The molecule has 2 N–H and O–H groups in total. The van der Waals surface area contributed by atoms with Crippen LogP contribution < -0.4 is 5.73 Å². The van der Waals surface area contributed by atoms with Gasteiger partial charge in [-0.2, -0.15) is 0 Å². The topological polar surface area (TPSA) is 63.4 Å². The molecular formula is C15H24N2O2. The van der Waals surface area contributed by atoms with Gasteiger partial charge in [-0.3, -0.25) is 9.59 Å². The number of allylic oxidation sites excluding steroid dienone is 1. The SMILES string of the molecule is NC(=O)CN(C(=O)C1=CCCCCC1)C1CCCC1. The summed E-state index contributed by atoms with van der Waals surface area (Å²) in [6.07, 6.45) is 11.6. The van der Waals surface area contributed by atoms with Gasteiger partial charge < -0.3 is 10.6 Å². The minimum Gasteiger partial charge on any atom is -0.368 e. The molecule has 0 heterocycles. The summed E-state index contributed by atoms with van der Waals surface area (Å²) < 4.78 is 0. The molecule has 2 aliphatic carbocycles.